The minimum Gasteiger partial charge on any atom is -0.391 e. The highest BCUT2D eigenvalue weighted by Crippen LogP contribution is 2.24. The van der Waals surface area contributed by atoms with Crippen LogP contribution in [0.25, 0.3) is 0 Å². The standard InChI is InChI=1S/C11H21N3O5/c1-5-3-14(11(19)7(12)6(2)16)8(9(5)17)10(18)13-4-15/h5-9,15-17H,3-4,12H2,1-2H3,(H,13,18)/t5-,6+,7-,8-,9-/m0/s1. The topological polar surface area (TPSA) is 136 Å². The third-order valence-corrected chi connectivity index (χ3v) is 3.34. The predicted molar refractivity (Wildman–Crippen MR) is 65.6 cm³/mol. The van der Waals surface area contributed by atoms with E-state index in [-0.39, 0.29) is 12.5 Å². The number of nitrogens with zero attached hydrogens (tertiary/aromatic N) is 1. The first-order valence-corrected chi connectivity index (χ1v) is 6.12. The normalized spacial score (nSPS) is 30.0. The number of hydrogen-bond donors (Lipinski definition) is 5. The van der Waals surface area contributed by atoms with Gasteiger partial charge in [0.05, 0.1) is 12.2 Å². The van der Waals surface area contributed by atoms with Crippen LogP contribution in [0.15, 0.2) is 0 Å². The minimum absolute atomic E-state index is 0.171. The minimum atomic E-state index is -1.15. The third-order valence-electron chi connectivity index (χ3n) is 3.34. The number of aliphatic hydroxyl groups is 3. The van der Waals surface area contributed by atoms with E-state index in [4.69, 9.17) is 10.8 Å². The summed E-state index contributed by atoms with van der Waals surface area (Å²) in [5.74, 6) is -1.54. The van der Waals surface area contributed by atoms with Crippen LogP contribution in [0.2, 0.25) is 0 Å². The molecule has 0 radical (unpaired) electrons. The fourth-order valence-electron chi connectivity index (χ4n) is 2.13. The van der Waals surface area contributed by atoms with Crippen LogP contribution in [0.3, 0.4) is 0 Å². The van der Waals surface area contributed by atoms with E-state index < -0.39 is 42.8 Å². The summed E-state index contributed by atoms with van der Waals surface area (Å²) in [7, 11) is 0. The average molecular weight is 275 g/mol. The van der Waals surface area contributed by atoms with Gasteiger partial charge in [0.1, 0.15) is 18.8 Å². The van der Waals surface area contributed by atoms with Gasteiger partial charge in [0.2, 0.25) is 11.8 Å². The number of carbonyl (C=O) groups is 2. The van der Waals surface area contributed by atoms with Crippen molar-refractivity contribution in [2.75, 3.05) is 13.3 Å². The molecule has 19 heavy (non-hydrogen) atoms. The number of amides is 2. The van der Waals surface area contributed by atoms with Gasteiger partial charge < -0.3 is 31.3 Å². The first-order valence-electron chi connectivity index (χ1n) is 6.12. The molecule has 110 valence electrons. The molecule has 1 aliphatic rings. The Labute approximate surface area is 111 Å². The molecule has 0 aromatic rings. The van der Waals surface area contributed by atoms with E-state index >= 15 is 0 Å². The second kappa shape index (κ2) is 6.29. The fraction of sp³-hybridized carbons (Fsp3) is 0.818. The van der Waals surface area contributed by atoms with E-state index in [1.807, 2.05) is 0 Å². The average Bonchev–Trinajstić information content (AvgIpc) is 2.64. The molecule has 0 aromatic heterocycles. The van der Waals surface area contributed by atoms with Gasteiger partial charge in [-0.25, -0.2) is 0 Å². The van der Waals surface area contributed by atoms with E-state index in [0.29, 0.717) is 0 Å². The molecule has 6 N–H and O–H groups in total. The molecular formula is C11H21N3O5. The lowest BCUT2D eigenvalue weighted by Crippen LogP contribution is -2.56. The highest BCUT2D eigenvalue weighted by molar-refractivity contribution is 5.91. The molecule has 0 spiro atoms. The largest absolute Gasteiger partial charge is 0.391 e. The van der Waals surface area contributed by atoms with Gasteiger partial charge in [-0.1, -0.05) is 6.92 Å². The van der Waals surface area contributed by atoms with Crippen molar-refractivity contribution in [3.63, 3.8) is 0 Å². The van der Waals surface area contributed by atoms with Crippen LogP contribution in [0.4, 0.5) is 0 Å². The lowest BCUT2D eigenvalue weighted by molar-refractivity contribution is -0.143. The Bertz CT molecular complexity index is 349. The van der Waals surface area contributed by atoms with Crippen molar-refractivity contribution in [2.45, 2.75) is 38.1 Å². The molecule has 1 aliphatic heterocycles. The molecule has 0 bridgehead atoms. The van der Waals surface area contributed by atoms with Crippen LogP contribution in [0, 0.1) is 5.92 Å². The molecule has 8 nitrogen and oxygen atoms in total. The van der Waals surface area contributed by atoms with Gasteiger partial charge in [-0.15, -0.1) is 0 Å². The Morgan fingerprint density at radius 3 is 2.58 bits per heavy atom. The van der Waals surface area contributed by atoms with Gasteiger partial charge in [-0.2, -0.15) is 0 Å². The van der Waals surface area contributed by atoms with E-state index in [1.54, 1.807) is 6.92 Å². The Morgan fingerprint density at radius 1 is 1.53 bits per heavy atom. The van der Waals surface area contributed by atoms with Crippen molar-refractivity contribution in [3.8, 4) is 0 Å². The van der Waals surface area contributed by atoms with Gasteiger partial charge >= 0.3 is 0 Å². The second-order valence-electron chi connectivity index (χ2n) is 4.87. The van der Waals surface area contributed by atoms with Gasteiger partial charge in [0, 0.05) is 12.5 Å². The maximum absolute atomic E-state index is 12.1. The molecule has 0 aromatic carbocycles. The van der Waals surface area contributed by atoms with Crippen LogP contribution >= 0.6 is 0 Å². The first kappa shape index (κ1) is 15.8. The number of nitrogens with one attached hydrogen (secondary N) is 1. The molecular weight excluding hydrogens is 254 g/mol. The van der Waals surface area contributed by atoms with Crippen LogP contribution < -0.4 is 11.1 Å². The summed E-state index contributed by atoms with van der Waals surface area (Å²) >= 11 is 0. The van der Waals surface area contributed by atoms with Crippen molar-refractivity contribution in [1.29, 1.82) is 0 Å². The Kier molecular flexibility index (Phi) is 5.24. The molecule has 8 heteroatoms. The van der Waals surface area contributed by atoms with Crippen molar-refractivity contribution in [3.05, 3.63) is 0 Å². The summed E-state index contributed by atoms with van der Waals surface area (Å²) in [5, 5.41) is 30.1. The van der Waals surface area contributed by atoms with Crippen LogP contribution in [0.5, 0.6) is 0 Å². The molecule has 0 unspecified atom stereocenters. The summed E-state index contributed by atoms with van der Waals surface area (Å²) < 4.78 is 0. The van der Waals surface area contributed by atoms with Gasteiger partial charge in [0.25, 0.3) is 0 Å². The zero-order chi connectivity index (χ0) is 14.7. The lowest BCUT2D eigenvalue weighted by atomic mass is 10.0. The number of hydrogen-bond acceptors (Lipinski definition) is 6. The van der Waals surface area contributed by atoms with Crippen molar-refractivity contribution < 1.29 is 24.9 Å². The first-order chi connectivity index (χ1) is 8.81. The van der Waals surface area contributed by atoms with E-state index in [1.165, 1.54) is 6.92 Å². The molecule has 1 saturated heterocycles. The number of carbonyl (C=O) groups excluding carboxylic acids is 2. The highest BCUT2D eigenvalue weighted by Gasteiger charge is 2.46. The maximum Gasteiger partial charge on any atom is 0.247 e. The van der Waals surface area contributed by atoms with Gasteiger partial charge in [0.15, 0.2) is 0 Å². The number of aliphatic hydroxyl groups excluding tert-OH is 3. The molecule has 1 rings (SSSR count). The van der Waals surface area contributed by atoms with Gasteiger partial charge in [-0.05, 0) is 6.92 Å². The molecule has 2 amide bonds. The SMILES string of the molecule is C[C@@H](O)[C@H](N)C(=O)N1C[C@H](C)[C@H](O)[C@H]1C(=O)NCO. The third kappa shape index (κ3) is 3.21. The van der Waals surface area contributed by atoms with Crippen LogP contribution in [0.1, 0.15) is 13.8 Å². The zero-order valence-electron chi connectivity index (χ0n) is 11.0. The second-order valence-corrected chi connectivity index (χ2v) is 4.87. The van der Waals surface area contributed by atoms with Gasteiger partial charge in [-0.3, -0.25) is 9.59 Å². The maximum atomic E-state index is 12.1. The predicted octanol–water partition coefficient (Wildman–Crippen LogP) is -3.03. The summed E-state index contributed by atoms with van der Waals surface area (Å²) in [6.07, 6.45) is -2.08. The Balaban J connectivity index is 2.91. The Hall–Kier alpha value is -1.22. The molecule has 0 aliphatic carbocycles. The fourth-order valence-corrected chi connectivity index (χ4v) is 2.13. The highest BCUT2D eigenvalue weighted by atomic mass is 16.3. The number of likely N-dealkylation sites (tertiary alicyclic amines) is 1. The number of rotatable bonds is 4. The van der Waals surface area contributed by atoms with E-state index in [2.05, 4.69) is 5.32 Å². The zero-order valence-corrected chi connectivity index (χ0v) is 11.0. The molecule has 1 heterocycles. The molecule has 0 saturated carbocycles. The molecule has 1 fully saturated rings. The van der Waals surface area contributed by atoms with Crippen molar-refractivity contribution in [2.24, 2.45) is 11.7 Å². The van der Waals surface area contributed by atoms with E-state index in [0.717, 1.165) is 4.90 Å². The molecule has 5 atom stereocenters. The smallest absolute Gasteiger partial charge is 0.247 e. The summed E-state index contributed by atoms with van der Waals surface area (Å²) in [6, 6.07) is -2.25. The lowest BCUT2D eigenvalue weighted by Gasteiger charge is -2.28. The van der Waals surface area contributed by atoms with Crippen molar-refractivity contribution in [1.82, 2.24) is 10.2 Å². The van der Waals surface area contributed by atoms with Crippen LogP contribution in [-0.2, 0) is 9.59 Å². The summed E-state index contributed by atoms with van der Waals surface area (Å²) in [4.78, 5) is 25.0. The van der Waals surface area contributed by atoms with E-state index in [9.17, 15) is 19.8 Å². The van der Waals surface area contributed by atoms with Crippen molar-refractivity contribution >= 4 is 11.8 Å². The monoisotopic (exact) mass is 275 g/mol. The Morgan fingerprint density at radius 2 is 2.11 bits per heavy atom. The number of nitrogens with two attached hydrogens (primary N) is 1. The summed E-state index contributed by atoms with van der Waals surface area (Å²) in [6.45, 7) is 2.66. The summed E-state index contributed by atoms with van der Waals surface area (Å²) in [5.41, 5.74) is 5.56. The quantitative estimate of drug-likeness (QED) is 0.346. The van der Waals surface area contributed by atoms with Crippen LogP contribution in [-0.4, -0.2) is 69.6 Å².